The molecule has 1 unspecified atom stereocenters. The summed E-state index contributed by atoms with van der Waals surface area (Å²) >= 11 is 0. The number of nitrogens with one attached hydrogen (secondary N) is 3. The van der Waals surface area contributed by atoms with Crippen molar-refractivity contribution in [3.63, 3.8) is 0 Å². The summed E-state index contributed by atoms with van der Waals surface area (Å²) in [6, 6.07) is 36.4. The fourth-order valence-corrected chi connectivity index (χ4v) is 21.6. The van der Waals surface area contributed by atoms with Gasteiger partial charge >= 0.3 is 0 Å². The second-order valence-corrected chi connectivity index (χ2v) is 35.9. The largest absolute Gasteiger partial charge is 0.494 e. The molecule has 3 saturated heterocycles. The molecule has 6 N–H and O–H groups in total. The Hall–Kier alpha value is -7.78. The summed E-state index contributed by atoms with van der Waals surface area (Å²) < 4.78 is 119. The van der Waals surface area contributed by atoms with Crippen LogP contribution in [-0.4, -0.2) is 200 Å². The minimum absolute atomic E-state index is 0.00830. The van der Waals surface area contributed by atoms with Gasteiger partial charge in [0.2, 0.25) is 0 Å². The zero-order valence-corrected chi connectivity index (χ0v) is 67.0. The van der Waals surface area contributed by atoms with Crippen molar-refractivity contribution in [2.45, 2.75) is 185 Å². The molecule has 6 aromatic carbocycles. The van der Waals surface area contributed by atoms with Crippen LogP contribution >= 0.6 is 0 Å². The molecular weight excluding hydrogens is 1490 g/mol. The van der Waals surface area contributed by atoms with Crippen LogP contribution in [0.2, 0.25) is 0 Å². The van der Waals surface area contributed by atoms with E-state index in [9.17, 15) is 50.1 Å². The van der Waals surface area contributed by atoms with E-state index in [1.165, 1.54) is 97.3 Å². The molecule has 3 fully saturated rings. The monoisotopic (exact) mass is 1590 g/mol. The number of hydrogen-bond donors (Lipinski definition) is 6. The number of carbonyl (C=O) groups is 3. The number of amides is 3. The SMILES string of the molecule is CCc1cc2c(cc1CC)CN(CCCCOc1ccc(S(=O)(=O)C3(C(=O)NO)CCOCC3)cc1)CC2.COc1cc2c(cc1OC)CN(CCCCOc1ccc(S(=O)(=O)C3(C(=O)NO)CCOCC3)cc1)C(C)C2.O=C(NO)C1(S(=O)(=O)c2ccc(OCCCCN3CCc4ccccc4C3)cc2)CCOCC1. The van der Waals surface area contributed by atoms with Crippen molar-refractivity contribution in [3.8, 4) is 28.7 Å². The Bertz CT molecular complexity index is 4420. The van der Waals surface area contributed by atoms with Crippen LogP contribution in [-0.2, 0) is 110 Å². The Kier molecular flexibility index (Phi) is 30.7. The maximum Gasteiger partial charge on any atom is 0.265 e. The van der Waals surface area contributed by atoms with E-state index >= 15 is 0 Å². The van der Waals surface area contributed by atoms with Gasteiger partial charge in [0.15, 0.2) is 55.3 Å². The highest BCUT2D eigenvalue weighted by Crippen LogP contribution is 2.41. The second kappa shape index (κ2) is 39.8. The third-order valence-electron chi connectivity index (χ3n) is 22.6. The third-order valence-corrected chi connectivity index (χ3v) is 30.1. The third kappa shape index (κ3) is 20.1. The number of aryl methyl sites for hydroxylation is 2. The molecule has 111 heavy (non-hydrogen) atoms. The zero-order chi connectivity index (χ0) is 79.2. The molecule has 606 valence electrons. The number of rotatable bonds is 31. The van der Waals surface area contributed by atoms with Gasteiger partial charge in [-0.3, -0.25) is 44.7 Å². The van der Waals surface area contributed by atoms with Gasteiger partial charge in [-0.15, -0.1) is 0 Å². The number of nitrogens with zero attached hydrogens (tertiary/aromatic N) is 3. The lowest BCUT2D eigenvalue weighted by Gasteiger charge is -2.35. The molecule has 1 atom stereocenters. The number of hydrogen-bond acceptors (Lipinski definition) is 23. The average Bonchev–Trinajstić information content (AvgIpc) is 0.757. The quantitative estimate of drug-likeness (QED) is 0.0134. The summed E-state index contributed by atoms with van der Waals surface area (Å²) in [6.45, 7) is 17.1. The maximum absolute atomic E-state index is 13.4. The van der Waals surface area contributed by atoms with E-state index < -0.39 is 61.5 Å². The highest BCUT2D eigenvalue weighted by Gasteiger charge is 2.55. The molecule has 29 heteroatoms. The van der Waals surface area contributed by atoms with E-state index in [1.807, 2.05) is 0 Å². The molecule has 0 bridgehead atoms. The maximum atomic E-state index is 13.4. The van der Waals surface area contributed by atoms with Crippen molar-refractivity contribution >= 4 is 47.2 Å². The van der Waals surface area contributed by atoms with Gasteiger partial charge in [-0.2, -0.15) is 0 Å². The number of unbranched alkanes of at least 4 members (excludes halogenated alkanes) is 3. The van der Waals surface area contributed by atoms with Crippen LogP contribution in [0.3, 0.4) is 0 Å². The van der Waals surface area contributed by atoms with Crippen molar-refractivity contribution < 1.29 is 93.2 Å². The standard InChI is InChI=1S/C29H40N2O6S.C28H38N2O8S.C25H32N2O6S/c1-3-22-19-24-11-15-31(21-25(24)20-23(22)4-2)14-5-6-16-37-26-7-9-27(10-8-26)38(34,35)29(28(32)30-33)12-17-36-18-13-29;1-20-16-21-17-25(35-2)26(36-3)18-22(21)19-30(20)12-4-5-13-38-23-6-8-24(9-7-23)39(33,34)28(27(31)29-32)10-14-37-15-11-28;28-24(26-29)25(12-17-32-18-13-25)34(30,31)23-9-7-22(8-10-23)33-16-4-3-14-27-15-11-20-5-1-2-6-21(20)19-27/h7-10,19-20,33H,3-6,11-18,21H2,1-2H3,(H,30,32);6-9,17-18,20,32H,4-5,10-16,19H2,1-3H3,(H,29,31);1-2,5-10,29H,3-4,11-19H2,(H,26,28). The zero-order valence-electron chi connectivity index (χ0n) is 64.5. The van der Waals surface area contributed by atoms with Gasteiger partial charge in [-0.25, -0.2) is 41.7 Å². The van der Waals surface area contributed by atoms with E-state index in [1.54, 1.807) is 50.6 Å². The highest BCUT2D eigenvalue weighted by atomic mass is 32.2. The lowest BCUT2D eigenvalue weighted by atomic mass is 9.91. The molecule has 0 radical (unpaired) electrons. The van der Waals surface area contributed by atoms with Crippen molar-refractivity contribution in [1.82, 2.24) is 31.1 Å². The van der Waals surface area contributed by atoms with Crippen LogP contribution in [0.5, 0.6) is 28.7 Å². The molecule has 26 nitrogen and oxygen atoms in total. The molecule has 0 saturated carbocycles. The molecule has 6 aliphatic rings. The minimum atomic E-state index is -4.06. The molecule has 0 spiro atoms. The first kappa shape index (κ1) is 85.6. The molecule has 6 aliphatic heterocycles. The Labute approximate surface area is 653 Å². The summed E-state index contributed by atoms with van der Waals surface area (Å²) in [5, 5.41) is 27.5. The number of carbonyl (C=O) groups excluding carboxylic acids is 3. The van der Waals surface area contributed by atoms with Gasteiger partial charge in [-0.05, 0) is 265 Å². The van der Waals surface area contributed by atoms with Gasteiger partial charge in [0.1, 0.15) is 17.2 Å². The van der Waals surface area contributed by atoms with Gasteiger partial charge in [0, 0.05) is 78.4 Å². The van der Waals surface area contributed by atoms with Gasteiger partial charge in [0.25, 0.3) is 17.7 Å². The molecule has 6 aromatic rings. The summed E-state index contributed by atoms with van der Waals surface area (Å²) in [5.74, 6) is 0.458. The van der Waals surface area contributed by atoms with Crippen molar-refractivity contribution in [2.24, 2.45) is 0 Å². The van der Waals surface area contributed by atoms with Gasteiger partial charge in [-0.1, -0.05) is 50.2 Å². The van der Waals surface area contributed by atoms with E-state index in [0.717, 1.165) is 134 Å². The van der Waals surface area contributed by atoms with E-state index in [2.05, 4.69) is 84.0 Å². The Morgan fingerprint density at radius 2 is 0.784 bits per heavy atom. The predicted octanol–water partition coefficient (Wildman–Crippen LogP) is 9.73. The van der Waals surface area contributed by atoms with Gasteiger partial charge in [0.05, 0.1) is 48.7 Å². The van der Waals surface area contributed by atoms with Crippen molar-refractivity contribution in [3.05, 3.63) is 166 Å². The minimum Gasteiger partial charge on any atom is -0.494 e. The average molecular weight is 1600 g/mol. The Balaban J connectivity index is 0.000000177. The van der Waals surface area contributed by atoms with Crippen molar-refractivity contribution in [1.29, 1.82) is 0 Å². The van der Waals surface area contributed by atoms with Crippen LogP contribution in [0.4, 0.5) is 0 Å². The number of methoxy groups -OCH3 is 2. The fraction of sp³-hybridized carbons (Fsp3) is 0.524. The highest BCUT2D eigenvalue weighted by molar-refractivity contribution is 7.94. The molecule has 0 aliphatic carbocycles. The molecule has 6 heterocycles. The molecule has 12 rings (SSSR count). The van der Waals surface area contributed by atoms with Gasteiger partial charge < -0.3 is 37.9 Å². The normalized spacial score (nSPS) is 18.3. The first-order chi connectivity index (χ1) is 53.6. The Morgan fingerprint density at radius 1 is 0.441 bits per heavy atom. The smallest absolute Gasteiger partial charge is 0.265 e. The number of sulfone groups is 3. The predicted molar refractivity (Wildman–Crippen MR) is 416 cm³/mol. The Morgan fingerprint density at radius 3 is 1.16 bits per heavy atom. The summed E-state index contributed by atoms with van der Waals surface area (Å²) in [4.78, 5) is 44.6. The lowest BCUT2D eigenvalue weighted by molar-refractivity contribution is -0.135. The topological polar surface area (TPSA) is 334 Å². The van der Waals surface area contributed by atoms with Crippen LogP contribution in [0, 0.1) is 0 Å². The fourth-order valence-electron chi connectivity index (χ4n) is 15.7. The summed E-state index contributed by atoms with van der Waals surface area (Å²) in [7, 11) is -8.81. The van der Waals surface area contributed by atoms with Crippen LogP contribution < -0.4 is 40.1 Å². The number of benzene rings is 6. The first-order valence-corrected chi connectivity index (χ1v) is 43.1. The number of ether oxygens (including phenoxy) is 8. The van der Waals surface area contributed by atoms with Crippen LogP contribution in [0.15, 0.2) is 136 Å². The van der Waals surface area contributed by atoms with Crippen molar-refractivity contribution in [2.75, 3.05) is 106 Å². The number of fused-ring (bicyclic) bond motifs is 3. The first-order valence-electron chi connectivity index (χ1n) is 38.7. The van der Waals surface area contributed by atoms with E-state index in [0.29, 0.717) is 43.1 Å². The molecular formula is C82H110N6O20S3. The lowest BCUT2D eigenvalue weighted by Crippen LogP contribution is -2.54. The van der Waals surface area contributed by atoms with E-state index in [4.69, 9.17) is 43.1 Å². The van der Waals surface area contributed by atoms with Crippen LogP contribution in [0.25, 0.3) is 0 Å². The summed E-state index contributed by atoms with van der Waals surface area (Å²) in [6.07, 6.45) is 10.9. The number of hydroxylamine groups is 3. The van der Waals surface area contributed by atoms with E-state index in [-0.39, 0.29) is 92.9 Å². The second-order valence-electron chi connectivity index (χ2n) is 29.2. The molecule has 0 aromatic heterocycles. The summed E-state index contributed by atoms with van der Waals surface area (Å²) in [5.41, 5.74) is 16.0. The molecule has 3 amide bonds. The van der Waals surface area contributed by atoms with Crippen LogP contribution in [0.1, 0.15) is 142 Å².